The zero-order valence-electron chi connectivity index (χ0n) is 25.0. The number of amides is 2. The summed E-state index contributed by atoms with van der Waals surface area (Å²) in [5, 5.41) is 13.4. The molecule has 0 radical (unpaired) electrons. The number of carbonyl (C=O) groups is 2. The Labute approximate surface area is 264 Å². The fourth-order valence-corrected chi connectivity index (χ4v) is 6.46. The monoisotopic (exact) mass is 630 g/mol. The molecule has 1 aliphatic heterocycles. The molecule has 2 aromatic heterocycles. The molecule has 3 N–H and O–H groups in total. The Morgan fingerprint density at radius 1 is 1.13 bits per heavy atom. The van der Waals surface area contributed by atoms with Gasteiger partial charge in [0.25, 0.3) is 11.5 Å². The SMILES string of the molecule is COc1nc(-c2cccc(-c3ccc(F)c(NC(=O)c4ccnn(C)c4=O)c3C)c2Cl)cc2c1[C@@H](NC[C@@H]1CCC(=O)N1)CC2. The summed E-state index contributed by atoms with van der Waals surface area (Å²) >= 11 is 7.03. The van der Waals surface area contributed by atoms with Gasteiger partial charge in [-0.05, 0) is 61.1 Å². The van der Waals surface area contributed by atoms with Crippen LogP contribution in [0.4, 0.5) is 10.1 Å². The molecule has 2 aliphatic rings. The third-order valence-corrected chi connectivity index (χ3v) is 8.92. The first kappa shape index (κ1) is 30.4. The lowest BCUT2D eigenvalue weighted by Gasteiger charge is -2.20. The van der Waals surface area contributed by atoms with E-state index in [0.29, 0.717) is 51.8 Å². The fraction of sp³-hybridized carbons (Fsp3) is 0.303. The molecule has 12 heteroatoms. The molecule has 2 aromatic carbocycles. The van der Waals surface area contributed by atoms with Crippen molar-refractivity contribution in [1.82, 2.24) is 25.4 Å². The zero-order valence-corrected chi connectivity index (χ0v) is 25.8. The first-order valence-corrected chi connectivity index (χ1v) is 15.1. The van der Waals surface area contributed by atoms with Crippen molar-refractivity contribution in [3.05, 3.63) is 92.1 Å². The number of nitrogens with one attached hydrogen (secondary N) is 3. The summed E-state index contributed by atoms with van der Waals surface area (Å²) in [4.78, 5) is 41.8. The zero-order chi connectivity index (χ0) is 31.8. The van der Waals surface area contributed by atoms with E-state index in [2.05, 4.69) is 21.0 Å². The van der Waals surface area contributed by atoms with Gasteiger partial charge in [0.15, 0.2) is 0 Å². The Kier molecular flexibility index (Phi) is 8.39. The number of benzene rings is 2. The van der Waals surface area contributed by atoms with E-state index in [1.54, 1.807) is 20.1 Å². The molecule has 3 heterocycles. The number of aromatic nitrogens is 3. The number of aryl methyl sites for hydroxylation is 2. The summed E-state index contributed by atoms with van der Waals surface area (Å²) < 4.78 is 21.9. The van der Waals surface area contributed by atoms with Gasteiger partial charge in [-0.3, -0.25) is 14.4 Å². The number of anilines is 1. The Morgan fingerprint density at radius 3 is 2.69 bits per heavy atom. The molecule has 45 heavy (non-hydrogen) atoms. The minimum Gasteiger partial charge on any atom is -0.481 e. The van der Waals surface area contributed by atoms with Crippen LogP contribution in [-0.2, 0) is 18.3 Å². The predicted octanol–water partition coefficient (Wildman–Crippen LogP) is 4.73. The normalized spacial score (nSPS) is 17.2. The smallest absolute Gasteiger partial charge is 0.279 e. The van der Waals surface area contributed by atoms with E-state index in [-0.39, 0.29) is 29.2 Å². The molecule has 1 aliphatic carbocycles. The summed E-state index contributed by atoms with van der Waals surface area (Å²) in [7, 11) is 3.02. The Morgan fingerprint density at radius 2 is 1.93 bits per heavy atom. The number of hydrogen-bond acceptors (Lipinski definition) is 7. The highest BCUT2D eigenvalue weighted by Gasteiger charge is 2.30. The maximum absolute atomic E-state index is 15.1. The third-order valence-electron chi connectivity index (χ3n) is 8.52. The number of hydrogen-bond donors (Lipinski definition) is 3. The van der Waals surface area contributed by atoms with E-state index in [9.17, 15) is 14.4 Å². The van der Waals surface area contributed by atoms with Gasteiger partial charge in [-0.25, -0.2) is 14.1 Å². The summed E-state index contributed by atoms with van der Waals surface area (Å²) in [5.74, 6) is -0.788. The van der Waals surface area contributed by atoms with Crippen LogP contribution in [0.3, 0.4) is 0 Å². The predicted molar refractivity (Wildman–Crippen MR) is 169 cm³/mol. The van der Waals surface area contributed by atoms with Crippen LogP contribution in [0.25, 0.3) is 22.4 Å². The molecule has 2 amide bonds. The van der Waals surface area contributed by atoms with Crippen LogP contribution < -0.4 is 26.2 Å². The molecule has 6 rings (SSSR count). The Hall–Kier alpha value is -4.61. The molecular weight excluding hydrogens is 599 g/mol. The molecule has 10 nitrogen and oxygen atoms in total. The van der Waals surface area contributed by atoms with E-state index >= 15 is 4.39 Å². The van der Waals surface area contributed by atoms with Gasteiger partial charge < -0.3 is 20.7 Å². The average Bonchev–Trinajstić information content (AvgIpc) is 3.64. The molecule has 1 saturated heterocycles. The van der Waals surface area contributed by atoms with E-state index < -0.39 is 17.3 Å². The first-order valence-electron chi connectivity index (χ1n) is 14.7. The Balaban J connectivity index is 1.31. The van der Waals surface area contributed by atoms with Crippen LogP contribution in [0.5, 0.6) is 5.88 Å². The third kappa shape index (κ3) is 5.81. The summed E-state index contributed by atoms with van der Waals surface area (Å²) in [6.07, 6.45) is 4.41. The Bertz CT molecular complexity index is 1890. The molecule has 0 saturated carbocycles. The van der Waals surface area contributed by atoms with Crippen LogP contribution in [-0.4, -0.2) is 46.3 Å². The number of rotatable bonds is 8. The minimum absolute atomic E-state index is 0.0501. The van der Waals surface area contributed by atoms with Crippen LogP contribution in [0.1, 0.15) is 52.4 Å². The quantitative estimate of drug-likeness (QED) is 0.257. The van der Waals surface area contributed by atoms with Crippen molar-refractivity contribution in [2.75, 3.05) is 19.0 Å². The minimum atomic E-state index is -0.743. The van der Waals surface area contributed by atoms with E-state index in [0.717, 1.165) is 35.1 Å². The van der Waals surface area contributed by atoms with Gasteiger partial charge in [0, 0.05) is 55.0 Å². The largest absolute Gasteiger partial charge is 0.481 e. The number of fused-ring (bicyclic) bond motifs is 1. The summed E-state index contributed by atoms with van der Waals surface area (Å²) in [5.41, 5.74) is 4.31. The van der Waals surface area contributed by atoms with Crippen molar-refractivity contribution in [3.63, 3.8) is 0 Å². The second-order valence-corrected chi connectivity index (χ2v) is 11.7. The lowest BCUT2D eigenvalue weighted by molar-refractivity contribution is -0.119. The van der Waals surface area contributed by atoms with Gasteiger partial charge in [0.2, 0.25) is 11.8 Å². The molecule has 1 fully saturated rings. The molecule has 232 valence electrons. The van der Waals surface area contributed by atoms with Gasteiger partial charge in [-0.2, -0.15) is 5.10 Å². The topological polar surface area (TPSA) is 127 Å². The van der Waals surface area contributed by atoms with Gasteiger partial charge in [-0.1, -0.05) is 35.9 Å². The van der Waals surface area contributed by atoms with Gasteiger partial charge in [0.05, 0.1) is 23.5 Å². The lowest BCUT2D eigenvalue weighted by Crippen LogP contribution is -2.36. The lowest BCUT2D eigenvalue weighted by atomic mass is 9.95. The average molecular weight is 631 g/mol. The molecular formula is C33H32ClFN6O4. The van der Waals surface area contributed by atoms with Crippen molar-refractivity contribution >= 4 is 29.1 Å². The number of pyridine rings is 1. The fourth-order valence-electron chi connectivity index (χ4n) is 6.14. The number of nitrogens with zero attached hydrogens (tertiary/aromatic N) is 3. The molecule has 0 spiro atoms. The van der Waals surface area contributed by atoms with Crippen LogP contribution in [0.15, 0.2) is 53.5 Å². The molecule has 0 unspecified atom stereocenters. The highest BCUT2D eigenvalue weighted by molar-refractivity contribution is 6.36. The second kappa shape index (κ2) is 12.4. The summed E-state index contributed by atoms with van der Waals surface area (Å²) in [6.45, 7) is 2.36. The number of carbonyl (C=O) groups excluding carboxylic acids is 2. The van der Waals surface area contributed by atoms with Gasteiger partial charge in [-0.15, -0.1) is 0 Å². The number of ether oxygens (including phenoxy) is 1. The van der Waals surface area contributed by atoms with Crippen LogP contribution in [0, 0.1) is 12.7 Å². The molecule has 2 atom stereocenters. The highest BCUT2D eigenvalue weighted by Crippen LogP contribution is 2.43. The molecule has 0 bridgehead atoms. The number of halogens is 2. The first-order chi connectivity index (χ1) is 21.7. The van der Waals surface area contributed by atoms with Gasteiger partial charge >= 0.3 is 0 Å². The van der Waals surface area contributed by atoms with Crippen molar-refractivity contribution in [2.24, 2.45) is 7.05 Å². The van der Waals surface area contributed by atoms with Crippen LogP contribution >= 0.6 is 11.6 Å². The van der Waals surface area contributed by atoms with Crippen molar-refractivity contribution in [1.29, 1.82) is 0 Å². The van der Waals surface area contributed by atoms with E-state index in [1.165, 1.54) is 25.4 Å². The van der Waals surface area contributed by atoms with Crippen LogP contribution in [0.2, 0.25) is 5.02 Å². The molecule has 4 aromatic rings. The van der Waals surface area contributed by atoms with Crippen molar-refractivity contribution in [2.45, 2.75) is 44.7 Å². The van der Waals surface area contributed by atoms with Gasteiger partial charge in [0.1, 0.15) is 11.4 Å². The number of methoxy groups -OCH3 is 1. The maximum Gasteiger partial charge on any atom is 0.279 e. The van der Waals surface area contributed by atoms with Crippen molar-refractivity contribution < 1.29 is 18.7 Å². The van der Waals surface area contributed by atoms with E-state index in [1.807, 2.05) is 24.3 Å². The highest BCUT2D eigenvalue weighted by atomic mass is 35.5. The van der Waals surface area contributed by atoms with E-state index in [4.69, 9.17) is 21.3 Å². The second-order valence-electron chi connectivity index (χ2n) is 11.3. The summed E-state index contributed by atoms with van der Waals surface area (Å²) in [6, 6.07) is 11.9. The standard InChI is InChI=1S/C33H32ClFN6O4/c1-17-20(9-10-24(35)30(17)40-31(43)23-13-14-37-41(2)33(23)44)21-5-4-6-22(29(21)34)26-15-18-7-11-25(28(18)32(39-26)45-3)36-16-19-8-12-27(42)38-19/h4-6,9-10,13-15,19,25,36H,7-8,11-12,16H2,1-3H3,(H,38,42)(H,40,43)/t19-,25-/m0/s1. The maximum atomic E-state index is 15.1. The van der Waals surface area contributed by atoms with Crippen molar-refractivity contribution in [3.8, 4) is 28.3 Å².